The van der Waals surface area contributed by atoms with Crippen LogP contribution in [-0.2, 0) is 55.5 Å². The molecule has 30 heteroatoms. The number of carbonyl (C=O) groups is 4. The first-order valence-corrected chi connectivity index (χ1v) is 28.7. The van der Waals surface area contributed by atoms with Gasteiger partial charge in [0.05, 0.1) is 32.1 Å². The quantitative estimate of drug-likeness (QED) is 0.0201. The largest absolute Gasteiger partial charge is 0.481 e. The molecule has 2 amide bonds. The van der Waals surface area contributed by atoms with Crippen LogP contribution in [-0.4, -0.2) is 140 Å². The van der Waals surface area contributed by atoms with Crippen molar-refractivity contribution in [3.63, 3.8) is 0 Å². The van der Waals surface area contributed by atoms with Crippen LogP contribution in [0.5, 0.6) is 0 Å². The van der Waals surface area contributed by atoms with Crippen LogP contribution in [0.4, 0.5) is 5.82 Å². The number of carbonyl (C=O) groups excluding carboxylic acids is 4. The number of allylic oxidation sites excluding steroid dienone is 1. The number of hydrogen-bond acceptors (Lipinski definition) is 20. The fraction of sp³-hybridized carbons (Fsp3) is 0.732. The number of phosphoric ester groups is 3. The van der Waals surface area contributed by atoms with Gasteiger partial charge in [0.15, 0.2) is 22.8 Å². The Morgan fingerprint density at radius 2 is 1.61 bits per heavy atom. The van der Waals surface area contributed by atoms with Gasteiger partial charge in [-0.05, 0) is 32.1 Å². The Labute approximate surface area is 416 Å². The highest BCUT2D eigenvalue weighted by atomic mass is 32.2. The molecule has 1 aliphatic rings. The summed E-state index contributed by atoms with van der Waals surface area (Å²) in [4.78, 5) is 101. The molecule has 71 heavy (non-hydrogen) atoms. The number of aliphatic hydroxyl groups excluding tert-OH is 3. The first-order valence-electron chi connectivity index (χ1n) is 23.2. The Hall–Kier alpha value is -3.07. The summed E-state index contributed by atoms with van der Waals surface area (Å²) in [5.41, 5.74) is 4.23. The Bertz CT molecular complexity index is 2200. The van der Waals surface area contributed by atoms with Crippen molar-refractivity contribution in [2.24, 2.45) is 5.41 Å². The van der Waals surface area contributed by atoms with E-state index in [0.29, 0.717) is 19.3 Å². The van der Waals surface area contributed by atoms with Crippen molar-refractivity contribution >= 4 is 74.9 Å². The van der Waals surface area contributed by atoms with Gasteiger partial charge in [0.25, 0.3) is 0 Å². The van der Waals surface area contributed by atoms with Crippen LogP contribution >= 0.6 is 35.2 Å². The Balaban J connectivity index is 1.29. The van der Waals surface area contributed by atoms with E-state index < -0.39 is 84.6 Å². The van der Waals surface area contributed by atoms with E-state index in [9.17, 15) is 67.8 Å². The van der Waals surface area contributed by atoms with Crippen molar-refractivity contribution in [2.45, 2.75) is 154 Å². The lowest BCUT2D eigenvalue weighted by molar-refractivity contribution is -0.137. The number of unbranched alkanes of at least 4 members (excludes halogenated alkanes) is 8. The number of nitrogen functional groups attached to an aromatic ring is 1. The average molecular weight is 1090 g/mol. The lowest BCUT2D eigenvalue weighted by Crippen LogP contribution is -2.46. The molecule has 404 valence electrons. The molecule has 11 N–H and O–H groups in total. The molecule has 1 fully saturated rings. The third-order valence-electron chi connectivity index (χ3n) is 10.9. The van der Waals surface area contributed by atoms with Crippen molar-refractivity contribution in [3.8, 4) is 0 Å². The number of thioether (sulfide) groups is 1. The lowest BCUT2D eigenvalue weighted by atomic mass is 9.87. The third kappa shape index (κ3) is 23.3. The van der Waals surface area contributed by atoms with Crippen LogP contribution in [0, 0.1) is 5.41 Å². The molecule has 8 atom stereocenters. The zero-order valence-electron chi connectivity index (χ0n) is 40.1. The van der Waals surface area contributed by atoms with E-state index in [1.54, 1.807) is 0 Å². The number of aliphatic hydroxyl groups is 3. The van der Waals surface area contributed by atoms with Crippen LogP contribution in [0.2, 0.25) is 0 Å². The molecule has 0 aromatic carbocycles. The number of aromatic nitrogens is 4. The minimum absolute atomic E-state index is 0.0229. The smallest absolute Gasteiger partial charge is 0.393 e. The lowest BCUT2D eigenvalue weighted by Gasteiger charge is -2.30. The number of ketones is 1. The van der Waals surface area contributed by atoms with Crippen molar-refractivity contribution in [1.29, 1.82) is 0 Å². The average Bonchev–Trinajstić information content (AvgIpc) is 3.85. The Kier molecular flexibility index (Phi) is 26.6. The van der Waals surface area contributed by atoms with E-state index in [2.05, 4.69) is 53.5 Å². The number of fused-ring (bicyclic) bond motifs is 1. The molecular weight excluding hydrogens is 1020 g/mol. The van der Waals surface area contributed by atoms with Crippen LogP contribution < -0.4 is 16.4 Å². The van der Waals surface area contributed by atoms with E-state index in [1.807, 2.05) is 0 Å². The summed E-state index contributed by atoms with van der Waals surface area (Å²) in [6, 6.07) is 0. The van der Waals surface area contributed by atoms with Crippen molar-refractivity contribution in [2.75, 3.05) is 37.8 Å². The van der Waals surface area contributed by atoms with Gasteiger partial charge in [0.1, 0.15) is 42.0 Å². The van der Waals surface area contributed by atoms with Crippen LogP contribution in [0.3, 0.4) is 0 Å². The molecule has 0 spiro atoms. The maximum atomic E-state index is 12.7. The van der Waals surface area contributed by atoms with E-state index in [-0.39, 0.29) is 65.7 Å². The van der Waals surface area contributed by atoms with Gasteiger partial charge in [-0.1, -0.05) is 89.6 Å². The molecule has 3 heterocycles. The van der Waals surface area contributed by atoms with Gasteiger partial charge < -0.3 is 56.0 Å². The van der Waals surface area contributed by atoms with Gasteiger partial charge >= 0.3 is 23.5 Å². The zero-order chi connectivity index (χ0) is 52.8. The van der Waals surface area contributed by atoms with Crippen molar-refractivity contribution in [3.05, 3.63) is 24.8 Å². The second-order valence-electron chi connectivity index (χ2n) is 17.5. The fourth-order valence-electron chi connectivity index (χ4n) is 7.01. The van der Waals surface area contributed by atoms with Gasteiger partial charge in [-0.2, -0.15) is 4.31 Å². The minimum Gasteiger partial charge on any atom is -0.393 e. The van der Waals surface area contributed by atoms with Gasteiger partial charge in [0.2, 0.25) is 11.8 Å². The normalized spacial score (nSPS) is 20.1. The maximum absolute atomic E-state index is 12.7. The Morgan fingerprint density at radius 3 is 2.32 bits per heavy atom. The molecule has 0 bridgehead atoms. The molecule has 2 aromatic heterocycles. The standard InChI is InChI=1S/C41H70N7O19P3S/c1-4-5-6-13-16-28(49)17-14-11-9-7-8-10-12-15-18-29(50)23-32(52)71-22-21-43-31(51)19-20-44-39(55)36(54)41(2,3)25-64-70(61,62)67-69(59,60)63-24-30-35(66-68(56,57)58)34(53)40(65-30)48-27-47-33-37(42)45-26-46-38(33)48/h11,14,26-28,30,34-36,40,49,53-54H,4-10,12-13,15-25H2,1-3H3,(H,43,51)(H,44,55)(H,59,60)(H,61,62)(H2,42,45,46)(H2,56,57,58)/b14-11-/t28-,30-,34-,35-,36+,40-/m1/s1. The van der Waals surface area contributed by atoms with Gasteiger partial charge in [-0.25, -0.2) is 28.6 Å². The molecule has 0 aliphatic carbocycles. The molecular formula is C41H70N7O19P3S. The summed E-state index contributed by atoms with van der Waals surface area (Å²) in [6.07, 6.45) is 8.73. The second-order valence-corrected chi connectivity index (χ2v) is 22.9. The number of anilines is 1. The maximum Gasteiger partial charge on any atom is 0.481 e. The molecule has 26 nitrogen and oxygen atoms in total. The van der Waals surface area contributed by atoms with Crippen LogP contribution in [0.15, 0.2) is 24.8 Å². The number of Topliss-reactive ketones (excluding diaryl/α,β-unsaturated/α-hetero) is 1. The van der Waals surface area contributed by atoms with E-state index in [0.717, 1.165) is 80.4 Å². The number of nitrogens with zero attached hydrogens (tertiary/aromatic N) is 4. The highest BCUT2D eigenvalue weighted by molar-refractivity contribution is 8.13. The predicted octanol–water partition coefficient (Wildman–Crippen LogP) is 3.63. The molecule has 0 radical (unpaired) electrons. The molecule has 3 rings (SSSR count). The number of rotatable bonds is 36. The number of nitrogens with two attached hydrogens (primary N) is 1. The topological polar surface area (TPSA) is 401 Å². The van der Waals surface area contributed by atoms with E-state index in [1.165, 1.54) is 26.7 Å². The van der Waals surface area contributed by atoms with E-state index in [4.69, 9.17) is 19.5 Å². The number of nitrogens with one attached hydrogen (secondary N) is 2. The fourth-order valence-corrected chi connectivity index (χ4v) is 10.5. The number of hydrogen-bond donors (Lipinski definition) is 10. The molecule has 2 aromatic rings. The van der Waals surface area contributed by atoms with Crippen LogP contribution in [0.25, 0.3) is 11.2 Å². The van der Waals surface area contributed by atoms with E-state index >= 15 is 0 Å². The third-order valence-corrected chi connectivity index (χ3v) is 14.9. The minimum atomic E-state index is -5.60. The number of amides is 2. The summed E-state index contributed by atoms with van der Waals surface area (Å²) in [5.74, 6) is -1.47. The highest BCUT2D eigenvalue weighted by Gasteiger charge is 2.50. The van der Waals surface area contributed by atoms with Gasteiger partial charge in [0, 0.05) is 37.1 Å². The molecule has 2 unspecified atom stereocenters. The molecule has 1 aliphatic heterocycles. The SMILES string of the molecule is CCCCCC[C@@H](O)C/C=C\CCCCCCCC(=O)CC(=O)SCCNC(=O)CCNC(=O)[C@H](O)C(C)(C)COP(=O)(O)OP(=O)(O)OC[C@H]1O[C@@H](n2cnc3c(N)ncnc32)[C@H](O)[C@@H]1OP(=O)(O)O. The van der Waals surface area contributed by atoms with Crippen LogP contribution in [0.1, 0.15) is 123 Å². The first-order chi connectivity index (χ1) is 33.3. The van der Waals surface area contributed by atoms with Gasteiger partial charge in [-0.15, -0.1) is 0 Å². The number of phosphoric acid groups is 3. The monoisotopic (exact) mass is 1090 g/mol. The summed E-state index contributed by atoms with van der Waals surface area (Å²) in [6.45, 7) is 2.46. The number of ether oxygens (including phenoxy) is 1. The highest BCUT2D eigenvalue weighted by Crippen LogP contribution is 2.61. The second kappa shape index (κ2) is 30.3. The first kappa shape index (κ1) is 62.2. The molecule has 0 saturated carbocycles. The summed E-state index contributed by atoms with van der Waals surface area (Å²) in [5, 5.41) is 36.2. The summed E-state index contributed by atoms with van der Waals surface area (Å²) in [7, 11) is -16.5. The summed E-state index contributed by atoms with van der Waals surface area (Å²) < 4.78 is 62.4. The Morgan fingerprint density at radius 1 is 0.915 bits per heavy atom. The predicted molar refractivity (Wildman–Crippen MR) is 258 cm³/mol. The molecule has 1 saturated heterocycles. The zero-order valence-corrected chi connectivity index (χ0v) is 43.6. The number of imidazole rings is 1. The van der Waals surface area contributed by atoms with Gasteiger partial charge in [-0.3, -0.25) is 37.3 Å². The summed E-state index contributed by atoms with van der Waals surface area (Å²) >= 11 is 0.920. The van der Waals surface area contributed by atoms with Crippen molar-refractivity contribution in [1.82, 2.24) is 30.2 Å². The van der Waals surface area contributed by atoms with Crippen molar-refractivity contribution < 1.29 is 90.4 Å².